The number of halogens is 2. The molecule has 2 aromatic heterocycles. The van der Waals surface area contributed by atoms with E-state index in [1.165, 1.54) is 5.39 Å². The zero-order valence-electron chi connectivity index (χ0n) is 12.0. The summed E-state index contributed by atoms with van der Waals surface area (Å²) < 4.78 is 1.92. The first-order chi connectivity index (χ1) is 11.2. The Hall–Kier alpha value is -1.98. The number of benzene rings is 2. The first-order valence-electron chi connectivity index (χ1n) is 6.92. The average molecular weight is 432 g/mol. The van der Waals surface area contributed by atoms with Gasteiger partial charge in [-0.3, -0.25) is 4.79 Å². The normalized spacial score (nSPS) is 10.3. The maximum atomic E-state index is 11.1. The highest BCUT2D eigenvalue weighted by Gasteiger charge is 2.01. The van der Waals surface area contributed by atoms with Crippen LogP contribution < -0.4 is 5.56 Å². The van der Waals surface area contributed by atoms with Gasteiger partial charge in [0.05, 0.1) is 0 Å². The maximum Gasteiger partial charge on any atom is 0.255 e. The predicted octanol–water partition coefficient (Wildman–Crippen LogP) is 5.29. The number of hydrogen-bond donors (Lipinski definition) is 1. The van der Waals surface area contributed by atoms with E-state index >= 15 is 0 Å². The summed E-state index contributed by atoms with van der Waals surface area (Å²) in [5, 5.41) is 4.04. The van der Waals surface area contributed by atoms with Crippen LogP contribution in [0.25, 0.3) is 21.5 Å². The number of aromatic nitrogens is 2. The zero-order valence-corrected chi connectivity index (χ0v) is 15.1. The molecule has 114 valence electrons. The van der Waals surface area contributed by atoms with Crippen LogP contribution in [0.5, 0.6) is 0 Å². The van der Waals surface area contributed by atoms with Gasteiger partial charge in [-0.25, -0.2) is 4.98 Å². The smallest absolute Gasteiger partial charge is 0.255 e. The lowest BCUT2D eigenvalue weighted by molar-refractivity contribution is 1.28. The van der Waals surface area contributed by atoms with E-state index in [4.69, 9.17) is 0 Å². The van der Waals surface area contributed by atoms with Crippen LogP contribution in [0.3, 0.4) is 0 Å². The van der Waals surface area contributed by atoms with Crippen LogP contribution >= 0.6 is 31.9 Å². The summed E-state index contributed by atoms with van der Waals surface area (Å²) >= 11 is 6.85. The molecule has 0 radical (unpaired) electrons. The molecular weight excluding hydrogens is 420 g/mol. The van der Waals surface area contributed by atoms with Crippen LogP contribution in [-0.4, -0.2) is 9.97 Å². The van der Waals surface area contributed by atoms with Gasteiger partial charge in [0.25, 0.3) is 5.56 Å². The van der Waals surface area contributed by atoms with Crippen molar-refractivity contribution in [3.05, 3.63) is 86.4 Å². The molecular formula is C18H12Br2N2O. The van der Waals surface area contributed by atoms with Crippen LogP contribution in [-0.2, 0) is 0 Å². The Morgan fingerprint density at radius 3 is 2.17 bits per heavy atom. The minimum Gasteiger partial charge on any atom is -0.329 e. The fraction of sp³-hybridized carbons (Fsp3) is 0. The van der Waals surface area contributed by atoms with Crippen molar-refractivity contribution in [2.75, 3.05) is 0 Å². The van der Waals surface area contributed by atoms with Gasteiger partial charge in [0.1, 0.15) is 4.60 Å². The summed E-state index contributed by atoms with van der Waals surface area (Å²) in [5.41, 5.74) is -0.0249. The third-order valence-corrected chi connectivity index (χ3v) is 4.64. The van der Waals surface area contributed by atoms with Crippen molar-refractivity contribution < 1.29 is 0 Å². The number of nitrogens with one attached hydrogen (secondary N) is 1. The molecule has 0 amide bonds. The summed E-state index contributed by atoms with van der Waals surface area (Å²) in [6.07, 6.45) is 3.46. The van der Waals surface area contributed by atoms with Crippen molar-refractivity contribution in [3.8, 4) is 0 Å². The summed E-state index contributed by atoms with van der Waals surface area (Å²) in [6.45, 7) is 0. The molecule has 0 spiro atoms. The summed E-state index contributed by atoms with van der Waals surface area (Å²) in [6, 6.07) is 17.5. The first-order valence-corrected chi connectivity index (χ1v) is 8.50. The van der Waals surface area contributed by atoms with Gasteiger partial charge in [0.15, 0.2) is 0 Å². The van der Waals surface area contributed by atoms with Gasteiger partial charge >= 0.3 is 0 Å². The standard InChI is InChI=1S/C9H5Br2N.C9H7NO/c10-8-5-12-9(11)7-4-2-1-3-6(7)8;11-9-8-4-2-1-3-7(8)5-6-10-9/h1-5H;1-6H,(H,10,11). The van der Waals surface area contributed by atoms with Gasteiger partial charge in [-0.05, 0) is 49.4 Å². The Morgan fingerprint density at radius 1 is 0.826 bits per heavy atom. The number of aromatic amines is 1. The van der Waals surface area contributed by atoms with Crippen molar-refractivity contribution >= 4 is 53.4 Å². The molecule has 0 aliphatic rings. The Bertz CT molecular complexity index is 982. The quantitative estimate of drug-likeness (QED) is 0.384. The van der Waals surface area contributed by atoms with Gasteiger partial charge in [-0.15, -0.1) is 0 Å². The fourth-order valence-corrected chi connectivity index (χ4v) is 3.15. The van der Waals surface area contributed by atoms with E-state index in [0.29, 0.717) is 0 Å². The summed E-state index contributed by atoms with van der Waals surface area (Å²) in [5.74, 6) is 0. The first kappa shape index (κ1) is 15.9. The second-order valence-corrected chi connectivity index (χ2v) is 6.44. The van der Waals surface area contributed by atoms with Crippen LogP contribution in [0, 0.1) is 0 Å². The van der Waals surface area contributed by atoms with E-state index < -0.39 is 0 Å². The van der Waals surface area contributed by atoms with Crippen LogP contribution in [0.1, 0.15) is 0 Å². The van der Waals surface area contributed by atoms with E-state index in [1.807, 2.05) is 48.5 Å². The van der Waals surface area contributed by atoms with Gasteiger partial charge < -0.3 is 4.98 Å². The average Bonchev–Trinajstić information content (AvgIpc) is 2.60. The molecule has 4 aromatic rings. The molecule has 0 atom stereocenters. The second-order valence-electron chi connectivity index (χ2n) is 4.84. The number of H-pyrrole nitrogens is 1. The van der Waals surface area contributed by atoms with Crippen LogP contribution in [0.4, 0.5) is 0 Å². The third kappa shape index (κ3) is 3.51. The van der Waals surface area contributed by atoms with Crippen molar-refractivity contribution in [2.24, 2.45) is 0 Å². The second kappa shape index (κ2) is 7.06. The highest BCUT2D eigenvalue weighted by molar-refractivity contribution is 9.11. The molecule has 0 fully saturated rings. The Balaban J connectivity index is 0.000000136. The van der Waals surface area contributed by atoms with Crippen molar-refractivity contribution in [2.45, 2.75) is 0 Å². The monoisotopic (exact) mass is 430 g/mol. The van der Waals surface area contributed by atoms with Crippen molar-refractivity contribution in [1.82, 2.24) is 9.97 Å². The van der Waals surface area contributed by atoms with Gasteiger partial charge in [-0.1, -0.05) is 42.5 Å². The highest BCUT2D eigenvalue weighted by Crippen LogP contribution is 2.27. The molecule has 2 aromatic carbocycles. The van der Waals surface area contributed by atoms with E-state index in [-0.39, 0.29) is 5.56 Å². The number of hydrogen-bond acceptors (Lipinski definition) is 2. The number of nitrogens with zero attached hydrogens (tertiary/aromatic N) is 1. The Morgan fingerprint density at radius 2 is 1.48 bits per heavy atom. The number of pyridine rings is 2. The Kier molecular flexibility index (Phi) is 4.88. The molecule has 0 bridgehead atoms. The largest absolute Gasteiger partial charge is 0.329 e. The lowest BCUT2D eigenvalue weighted by Crippen LogP contribution is -2.03. The van der Waals surface area contributed by atoms with Crippen LogP contribution in [0.15, 0.2) is 80.9 Å². The SMILES string of the molecule is Brc1cnc(Br)c2ccccc12.O=c1[nH]ccc2ccccc12. The number of rotatable bonds is 0. The molecule has 3 nitrogen and oxygen atoms in total. The molecule has 5 heteroatoms. The topological polar surface area (TPSA) is 45.8 Å². The van der Waals surface area contributed by atoms with E-state index in [2.05, 4.69) is 47.9 Å². The van der Waals surface area contributed by atoms with Crippen molar-refractivity contribution in [3.63, 3.8) is 0 Å². The lowest BCUT2D eigenvalue weighted by atomic mass is 10.2. The van der Waals surface area contributed by atoms with E-state index in [0.717, 1.165) is 25.2 Å². The van der Waals surface area contributed by atoms with Gasteiger partial charge in [-0.2, -0.15) is 0 Å². The highest BCUT2D eigenvalue weighted by atomic mass is 79.9. The fourth-order valence-electron chi connectivity index (χ4n) is 2.26. The maximum absolute atomic E-state index is 11.1. The summed E-state index contributed by atoms with van der Waals surface area (Å²) in [4.78, 5) is 17.9. The van der Waals surface area contributed by atoms with Crippen LogP contribution in [0.2, 0.25) is 0 Å². The van der Waals surface area contributed by atoms with Crippen molar-refractivity contribution in [1.29, 1.82) is 0 Å². The third-order valence-electron chi connectivity index (χ3n) is 3.38. The molecule has 0 aliphatic carbocycles. The lowest BCUT2D eigenvalue weighted by Gasteiger charge is -2.00. The molecule has 4 rings (SSSR count). The molecule has 2 heterocycles. The molecule has 0 saturated heterocycles. The molecule has 0 aliphatic heterocycles. The zero-order chi connectivity index (χ0) is 16.2. The molecule has 23 heavy (non-hydrogen) atoms. The molecule has 1 N–H and O–H groups in total. The van der Waals surface area contributed by atoms with Gasteiger partial charge in [0, 0.05) is 33.0 Å². The molecule has 0 unspecified atom stereocenters. The van der Waals surface area contributed by atoms with E-state index in [9.17, 15) is 4.79 Å². The minimum atomic E-state index is -0.0249. The predicted molar refractivity (Wildman–Crippen MR) is 102 cm³/mol. The number of fused-ring (bicyclic) bond motifs is 2. The van der Waals surface area contributed by atoms with Gasteiger partial charge in [0.2, 0.25) is 0 Å². The Labute approximate surface area is 149 Å². The van der Waals surface area contributed by atoms with E-state index in [1.54, 1.807) is 12.4 Å². The summed E-state index contributed by atoms with van der Waals surface area (Å²) in [7, 11) is 0. The molecule has 0 saturated carbocycles. The minimum absolute atomic E-state index is 0.0249.